The molecule has 0 aliphatic rings. The van der Waals surface area contributed by atoms with Gasteiger partial charge in [0.25, 0.3) is 11.6 Å². The van der Waals surface area contributed by atoms with E-state index in [0.717, 1.165) is 12.1 Å². The van der Waals surface area contributed by atoms with Crippen LogP contribution in [0.3, 0.4) is 0 Å². The summed E-state index contributed by atoms with van der Waals surface area (Å²) < 4.78 is 43.7. The van der Waals surface area contributed by atoms with E-state index in [4.69, 9.17) is 4.74 Å². The van der Waals surface area contributed by atoms with E-state index in [2.05, 4.69) is 16.0 Å². The van der Waals surface area contributed by atoms with Crippen LogP contribution in [0.2, 0.25) is 0 Å². The number of ether oxygens (including phenoxy) is 1. The number of carbonyl (C=O) groups is 2. The summed E-state index contributed by atoms with van der Waals surface area (Å²) in [6.45, 7) is 3.49. The maximum atomic E-state index is 12.7. The van der Waals surface area contributed by atoms with E-state index >= 15 is 0 Å². The zero-order chi connectivity index (χ0) is 24.6. The van der Waals surface area contributed by atoms with Crippen LogP contribution in [0.5, 0.6) is 5.75 Å². The molecule has 0 heterocycles. The number of nitro groups is 1. The Morgan fingerprint density at radius 2 is 1.73 bits per heavy atom. The molecule has 3 N–H and O–H groups in total. The second-order valence-corrected chi connectivity index (χ2v) is 7.14. The quantitative estimate of drug-likeness (QED) is 0.279. The Morgan fingerprint density at radius 3 is 2.30 bits per heavy atom. The highest BCUT2D eigenvalue weighted by molar-refractivity contribution is 5.96. The van der Waals surface area contributed by atoms with E-state index in [-0.39, 0.29) is 31.4 Å². The highest BCUT2D eigenvalue weighted by atomic mass is 19.4. The summed E-state index contributed by atoms with van der Waals surface area (Å²) in [7, 11) is 0. The molecular weight excluding hydrogens is 445 g/mol. The van der Waals surface area contributed by atoms with Crippen LogP contribution in [-0.4, -0.2) is 42.5 Å². The fourth-order valence-corrected chi connectivity index (χ4v) is 2.69. The van der Waals surface area contributed by atoms with Gasteiger partial charge in [-0.15, -0.1) is 0 Å². The highest BCUT2D eigenvalue weighted by Gasteiger charge is 2.33. The van der Waals surface area contributed by atoms with E-state index in [0.29, 0.717) is 17.4 Å². The summed E-state index contributed by atoms with van der Waals surface area (Å²) in [5, 5.41) is 18.6. The molecule has 178 valence electrons. The summed E-state index contributed by atoms with van der Waals surface area (Å²) in [5.41, 5.74) is -1.63. The first-order chi connectivity index (χ1) is 15.5. The average molecular weight is 468 g/mol. The number of hydrogen-bond acceptors (Lipinski definition) is 6. The number of rotatable bonds is 10. The van der Waals surface area contributed by atoms with Gasteiger partial charge in [0.15, 0.2) is 0 Å². The van der Waals surface area contributed by atoms with Crippen molar-refractivity contribution in [1.82, 2.24) is 10.6 Å². The summed E-state index contributed by atoms with van der Waals surface area (Å²) in [4.78, 5) is 34.1. The molecule has 12 heteroatoms. The van der Waals surface area contributed by atoms with Gasteiger partial charge >= 0.3 is 6.18 Å². The number of anilines is 1. The van der Waals surface area contributed by atoms with E-state index in [1.54, 1.807) is 24.3 Å². The molecule has 2 aromatic carbocycles. The number of nitro benzene ring substituents is 1. The standard InChI is InChI=1S/C21H23F3N4O5/c1-13(2)33-16-6-3-14(4-7-16)20(30)27-12-19(29)26-10-9-25-17-8-5-15(21(22,23)24)11-18(17)28(31)32/h3-8,11,13,25H,9-10,12H2,1-2H3,(H,26,29)(H,27,30). The van der Waals surface area contributed by atoms with Gasteiger partial charge in [0.1, 0.15) is 11.4 Å². The molecule has 0 aromatic heterocycles. The minimum Gasteiger partial charge on any atom is -0.491 e. The minimum atomic E-state index is -4.70. The average Bonchev–Trinajstić information content (AvgIpc) is 2.74. The molecule has 0 aliphatic heterocycles. The van der Waals surface area contributed by atoms with Crippen LogP contribution in [0, 0.1) is 10.1 Å². The molecule has 0 fully saturated rings. The molecule has 0 bridgehead atoms. The van der Waals surface area contributed by atoms with Crippen LogP contribution in [-0.2, 0) is 11.0 Å². The third kappa shape index (κ3) is 7.98. The monoisotopic (exact) mass is 468 g/mol. The van der Waals surface area contributed by atoms with Crippen molar-refractivity contribution in [2.75, 3.05) is 25.0 Å². The van der Waals surface area contributed by atoms with Gasteiger partial charge in [-0.2, -0.15) is 13.2 Å². The van der Waals surface area contributed by atoms with Crippen LogP contribution >= 0.6 is 0 Å². The number of carbonyl (C=O) groups excluding carboxylic acids is 2. The van der Waals surface area contributed by atoms with Crippen LogP contribution in [0.15, 0.2) is 42.5 Å². The Labute approximate surface area is 187 Å². The lowest BCUT2D eigenvalue weighted by Gasteiger charge is -2.11. The zero-order valence-electron chi connectivity index (χ0n) is 17.9. The van der Waals surface area contributed by atoms with Crippen LogP contribution in [0.1, 0.15) is 29.8 Å². The molecule has 0 atom stereocenters. The predicted octanol–water partition coefficient (Wildman–Crippen LogP) is 3.36. The van der Waals surface area contributed by atoms with Crippen molar-refractivity contribution < 1.29 is 32.4 Å². The van der Waals surface area contributed by atoms with Crippen molar-refractivity contribution in [2.45, 2.75) is 26.1 Å². The predicted molar refractivity (Wildman–Crippen MR) is 114 cm³/mol. The van der Waals surface area contributed by atoms with Crippen molar-refractivity contribution in [3.8, 4) is 5.75 Å². The Balaban J connectivity index is 1.78. The van der Waals surface area contributed by atoms with Crippen molar-refractivity contribution >= 4 is 23.2 Å². The fourth-order valence-electron chi connectivity index (χ4n) is 2.69. The molecule has 0 aliphatic carbocycles. The number of hydrogen-bond donors (Lipinski definition) is 3. The SMILES string of the molecule is CC(C)Oc1ccc(C(=O)NCC(=O)NCCNc2ccc(C(F)(F)F)cc2[N+](=O)[O-])cc1. The molecule has 2 amide bonds. The van der Waals surface area contributed by atoms with Crippen LogP contribution in [0.25, 0.3) is 0 Å². The topological polar surface area (TPSA) is 123 Å². The molecule has 0 saturated heterocycles. The van der Waals surface area contributed by atoms with Gasteiger partial charge in [0, 0.05) is 24.7 Å². The molecular formula is C21H23F3N4O5. The smallest absolute Gasteiger partial charge is 0.416 e. The third-order valence-electron chi connectivity index (χ3n) is 4.18. The first-order valence-electron chi connectivity index (χ1n) is 9.88. The molecule has 0 radical (unpaired) electrons. The molecule has 33 heavy (non-hydrogen) atoms. The second kappa shape index (κ2) is 11.2. The maximum absolute atomic E-state index is 12.7. The second-order valence-electron chi connectivity index (χ2n) is 7.14. The van der Waals surface area contributed by atoms with Crippen molar-refractivity contribution in [3.63, 3.8) is 0 Å². The number of nitrogens with one attached hydrogen (secondary N) is 3. The summed E-state index contributed by atoms with van der Waals surface area (Å²) >= 11 is 0. The number of amides is 2. The number of halogens is 3. The molecule has 2 rings (SSSR count). The van der Waals surface area contributed by atoms with Gasteiger partial charge in [-0.3, -0.25) is 19.7 Å². The highest BCUT2D eigenvalue weighted by Crippen LogP contribution is 2.34. The van der Waals surface area contributed by atoms with Gasteiger partial charge < -0.3 is 20.7 Å². The number of nitrogens with zero attached hydrogens (tertiary/aromatic N) is 1. The normalized spacial score (nSPS) is 11.1. The number of alkyl halides is 3. The molecule has 9 nitrogen and oxygen atoms in total. The van der Waals surface area contributed by atoms with Gasteiger partial charge in [0.05, 0.1) is 23.1 Å². The van der Waals surface area contributed by atoms with Crippen LogP contribution < -0.4 is 20.7 Å². The van der Waals surface area contributed by atoms with Crippen molar-refractivity contribution in [2.24, 2.45) is 0 Å². The Hall–Kier alpha value is -3.83. The Kier molecular flexibility index (Phi) is 8.60. The van der Waals surface area contributed by atoms with E-state index in [9.17, 15) is 32.9 Å². The number of benzene rings is 2. The van der Waals surface area contributed by atoms with Gasteiger partial charge in [-0.1, -0.05) is 0 Å². The van der Waals surface area contributed by atoms with Gasteiger partial charge in [-0.05, 0) is 50.2 Å². The molecule has 0 spiro atoms. The lowest BCUT2D eigenvalue weighted by atomic mass is 10.1. The Bertz CT molecular complexity index is 994. The summed E-state index contributed by atoms with van der Waals surface area (Å²) in [6.07, 6.45) is -4.71. The first kappa shape index (κ1) is 25.4. The molecule has 0 saturated carbocycles. The maximum Gasteiger partial charge on any atom is 0.416 e. The van der Waals surface area contributed by atoms with Crippen molar-refractivity contribution in [1.29, 1.82) is 0 Å². The third-order valence-corrected chi connectivity index (χ3v) is 4.18. The van der Waals surface area contributed by atoms with E-state index in [1.807, 2.05) is 13.8 Å². The van der Waals surface area contributed by atoms with Crippen molar-refractivity contribution in [3.05, 3.63) is 63.7 Å². The minimum absolute atomic E-state index is 0.00625. The van der Waals surface area contributed by atoms with E-state index < -0.39 is 34.2 Å². The largest absolute Gasteiger partial charge is 0.491 e. The Morgan fingerprint density at radius 1 is 1.06 bits per heavy atom. The summed E-state index contributed by atoms with van der Waals surface area (Å²) in [5.74, 6) is -0.355. The zero-order valence-corrected chi connectivity index (χ0v) is 17.9. The molecule has 0 unspecified atom stereocenters. The molecule has 2 aromatic rings. The van der Waals surface area contributed by atoms with Crippen LogP contribution in [0.4, 0.5) is 24.5 Å². The first-order valence-corrected chi connectivity index (χ1v) is 9.88. The van der Waals surface area contributed by atoms with Gasteiger partial charge in [0.2, 0.25) is 5.91 Å². The lowest BCUT2D eigenvalue weighted by molar-refractivity contribution is -0.384. The lowest BCUT2D eigenvalue weighted by Crippen LogP contribution is -2.38. The summed E-state index contributed by atoms with van der Waals surface area (Å²) in [6, 6.07) is 8.53. The van der Waals surface area contributed by atoms with E-state index in [1.165, 1.54) is 0 Å². The van der Waals surface area contributed by atoms with Gasteiger partial charge in [-0.25, -0.2) is 0 Å². The fraction of sp³-hybridized carbons (Fsp3) is 0.333.